The van der Waals surface area contributed by atoms with Gasteiger partial charge in [-0.15, -0.1) is 0 Å². The smallest absolute Gasteiger partial charge is 0.288 e. The van der Waals surface area contributed by atoms with Crippen molar-refractivity contribution in [3.05, 3.63) is 74.6 Å². The van der Waals surface area contributed by atoms with E-state index in [1.807, 2.05) is 51.1 Å². The van der Waals surface area contributed by atoms with E-state index in [2.05, 4.69) is 5.32 Å². The first-order valence-corrected chi connectivity index (χ1v) is 9.11. The zero-order valence-corrected chi connectivity index (χ0v) is 15.6. The maximum absolute atomic E-state index is 13.1. The van der Waals surface area contributed by atoms with Crippen LogP contribution < -0.4 is 15.5 Å². The van der Waals surface area contributed by atoms with Crippen LogP contribution in [0, 0.1) is 13.8 Å². The fourth-order valence-electron chi connectivity index (χ4n) is 3.43. The number of benzene rings is 2. The Bertz CT molecular complexity index is 1100. The minimum Gasteiger partial charge on any atom is -0.494 e. The number of fused-ring (bicyclic) bond motifs is 2. The summed E-state index contributed by atoms with van der Waals surface area (Å²) in [6, 6.07) is 10.6. The zero-order valence-electron chi connectivity index (χ0n) is 15.6. The Morgan fingerprint density at radius 1 is 1.07 bits per heavy atom. The predicted molar refractivity (Wildman–Crippen MR) is 103 cm³/mol. The molecule has 2 heterocycles. The summed E-state index contributed by atoms with van der Waals surface area (Å²) in [5.41, 5.74) is 3.41. The number of hydrogen-bond acceptors (Lipinski definition) is 4. The lowest BCUT2D eigenvalue weighted by atomic mass is 9.98. The second-order valence-electron chi connectivity index (χ2n) is 6.88. The van der Waals surface area contributed by atoms with Crippen LogP contribution in [0.1, 0.15) is 52.2 Å². The van der Waals surface area contributed by atoms with Gasteiger partial charge in [0.05, 0.1) is 23.6 Å². The molecule has 2 aromatic carbocycles. The van der Waals surface area contributed by atoms with Gasteiger partial charge in [-0.1, -0.05) is 25.1 Å². The van der Waals surface area contributed by atoms with Gasteiger partial charge in [0.15, 0.2) is 5.43 Å². The lowest BCUT2D eigenvalue weighted by molar-refractivity contribution is 0.0938. The normalized spacial score (nSPS) is 15.7. The molecule has 0 aliphatic carbocycles. The molecular weight excluding hydrogens is 342 g/mol. The fourth-order valence-corrected chi connectivity index (χ4v) is 3.43. The van der Waals surface area contributed by atoms with Gasteiger partial charge in [0.2, 0.25) is 5.76 Å². The summed E-state index contributed by atoms with van der Waals surface area (Å²) in [5.74, 6) is 0.514. The van der Waals surface area contributed by atoms with Gasteiger partial charge in [-0.25, -0.2) is 0 Å². The summed E-state index contributed by atoms with van der Waals surface area (Å²) >= 11 is 0. The number of carbonyl (C=O) groups excluding carboxylic acids is 1. The van der Waals surface area contributed by atoms with E-state index >= 15 is 0 Å². The quantitative estimate of drug-likeness (QED) is 0.760. The third-order valence-electron chi connectivity index (χ3n) is 5.07. The van der Waals surface area contributed by atoms with Gasteiger partial charge in [-0.3, -0.25) is 9.59 Å². The molecule has 1 aliphatic rings. The van der Waals surface area contributed by atoms with Crippen LogP contribution in [-0.2, 0) is 0 Å². The van der Waals surface area contributed by atoms with Crippen LogP contribution in [-0.4, -0.2) is 12.5 Å². The van der Waals surface area contributed by atoms with E-state index in [4.69, 9.17) is 9.15 Å². The predicted octanol–water partition coefficient (Wildman–Crippen LogP) is 4.03. The SMILES string of the molecule is CCCOc1ccc(C2NC(=O)c3oc4c(C)c(C)ccc4c(=O)c32)cc1. The standard InChI is InChI=1S/C22H21NO4/c1-4-11-26-15-8-6-14(7-9-15)18-17-19(24)16-10-5-12(2)13(3)20(16)27-21(17)22(25)23-18/h5-10,18H,4,11H2,1-3H3,(H,23,25). The molecule has 0 spiro atoms. The zero-order chi connectivity index (χ0) is 19.1. The number of aryl methyl sites for hydroxylation is 2. The number of carbonyl (C=O) groups is 1. The second-order valence-corrected chi connectivity index (χ2v) is 6.88. The molecule has 1 aromatic heterocycles. The summed E-state index contributed by atoms with van der Waals surface area (Å²) in [6.45, 7) is 6.54. The Balaban J connectivity index is 1.82. The van der Waals surface area contributed by atoms with Crippen molar-refractivity contribution < 1.29 is 13.9 Å². The molecule has 3 aromatic rings. The van der Waals surface area contributed by atoms with Crippen molar-refractivity contribution in [1.82, 2.24) is 5.32 Å². The molecule has 0 fully saturated rings. The van der Waals surface area contributed by atoms with E-state index in [1.54, 1.807) is 6.07 Å². The monoisotopic (exact) mass is 363 g/mol. The summed E-state index contributed by atoms with van der Waals surface area (Å²) < 4.78 is 11.5. The van der Waals surface area contributed by atoms with Crippen LogP contribution in [0.3, 0.4) is 0 Å². The molecule has 1 atom stereocenters. The molecule has 1 N–H and O–H groups in total. The Kier molecular flexibility index (Phi) is 4.22. The fraction of sp³-hybridized carbons (Fsp3) is 0.273. The topological polar surface area (TPSA) is 68.5 Å². The maximum atomic E-state index is 13.1. The Morgan fingerprint density at radius 2 is 1.81 bits per heavy atom. The molecule has 27 heavy (non-hydrogen) atoms. The van der Waals surface area contributed by atoms with Gasteiger partial charge in [0, 0.05) is 0 Å². The van der Waals surface area contributed by atoms with Gasteiger partial charge in [0.25, 0.3) is 5.91 Å². The molecule has 0 saturated heterocycles. The molecule has 138 valence electrons. The summed E-state index contributed by atoms with van der Waals surface area (Å²) in [4.78, 5) is 25.6. The molecule has 5 nitrogen and oxygen atoms in total. The summed E-state index contributed by atoms with van der Waals surface area (Å²) in [6.07, 6.45) is 0.931. The van der Waals surface area contributed by atoms with Crippen LogP contribution in [0.2, 0.25) is 0 Å². The molecule has 0 radical (unpaired) electrons. The minimum absolute atomic E-state index is 0.109. The van der Waals surface area contributed by atoms with Gasteiger partial charge in [-0.2, -0.15) is 0 Å². The first-order chi connectivity index (χ1) is 13.0. The van der Waals surface area contributed by atoms with E-state index < -0.39 is 6.04 Å². The van der Waals surface area contributed by atoms with Crippen LogP contribution in [0.4, 0.5) is 0 Å². The number of amides is 1. The molecule has 4 rings (SSSR count). The lowest BCUT2D eigenvalue weighted by Gasteiger charge is -2.13. The highest BCUT2D eigenvalue weighted by Gasteiger charge is 2.36. The van der Waals surface area contributed by atoms with E-state index in [-0.39, 0.29) is 17.1 Å². The molecule has 1 unspecified atom stereocenters. The average molecular weight is 363 g/mol. The second kappa shape index (κ2) is 6.58. The number of hydrogen-bond donors (Lipinski definition) is 1. The molecule has 0 saturated carbocycles. The van der Waals surface area contributed by atoms with Crippen molar-refractivity contribution in [2.45, 2.75) is 33.2 Å². The van der Waals surface area contributed by atoms with Gasteiger partial charge >= 0.3 is 0 Å². The van der Waals surface area contributed by atoms with Crippen molar-refractivity contribution in [1.29, 1.82) is 0 Å². The van der Waals surface area contributed by atoms with Crippen molar-refractivity contribution >= 4 is 16.9 Å². The third kappa shape index (κ3) is 2.79. The maximum Gasteiger partial charge on any atom is 0.288 e. The summed E-state index contributed by atoms with van der Waals surface area (Å²) in [5, 5.41) is 3.38. The van der Waals surface area contributed by atoms with Crippen LogP contribution in [0.5, 0.6) is 5.75 Å². The van der Waals surface area contributed by atoms with Crippen molar-refractivity contribution in [2.24, 2.45) is 0 Å². The average Bonchev–Trinajstić information content (AvgIpc) is 3.01. The number of nitrogens with one attached hydrogen (secondary N) is 1. The van der Waals surface area contributed by atoms with E-state index in [0.717, 1.165) is 28.9 Å². The highest BCUT2D eigenvalue weighted by atomic mass is 16.5. The Morgan fingerprint density at radius 3 is 2.52 bits per heavy atom. The Labute approximate surface area is 157 Å². The van der Waals surface area contributed by atoms with Crippen molar-refractivity contribution in [3.8, 4) is 5.75 Å². The number of ether oxygens (including phenoxy) is 1. The third-order valence-corrected chi connectivity index (χ3v) is 5.07. The Hall–Kier alpha value is -3.08. The lowest BCUT2D eigenvalue weighted by Crippen LogP contribution is -2.21. The van der Waals surface area contributed by atoms with Crippen LogP contribution >= 0.6 is 0 Å². The molecule has 1 amide bonds. The first kappa shape index (κ1) is 17.3. The van der Waals surface area contributed by atoms with E-state index in [0.29, 0.717) is 23.1 Å². The van der Waals surface area contributed by atoms with Crippen molar-refractivity contribution in [2.75, 3.05) is 6.61 Å². The first-order valence-electron chi connectivity index (χ1n) is 9.11. The highest BCUT2D eigenvalue weighted by Crippen LogP contribution is 2.32. The van der Waals surface area contributed by atoms with Gasteiger partial charge in [-0.05, 0) is 55.2 Å². The number of rotatable bonds is 4. The van der Waals surface area contributed by atoms with E-state index in [1.165, 1.54) is 0 Å². The van der Waals surface area contributed by atoms with Crippen LogP contribution in [0.25, 0.3) is 11.0 Å². The molecule has 5 heteroatoms. The minimum atomic E-state index is -0.519. The van der Waals surface area contributed by atoms with Crippen molar-refractivity contribution in [3.63, 3.8) is 0 Å². The molecule has 0 bridgehead atoms. The summed E-state index contributed by atoms with van der Waals surface area (Å²) in [7, 11) is 0. The molecular formula is C22H21NO4. The van der Waals surface area contributed by atoms with E-state index in [9.17, 15) is 9.59 Å². The highest BCUT2D eigenvalue weighted by molar-refractivity contribution is 5.99. The van der Waals surface area contributed by atoms with Crippen LogP contribution in [0.15, 0.2) is 45.6 Å². The largest absolute Gasteiger partial charge is 0.494 e. The molecule has 1 aliphatic heterocycles. The van der Waals surface area contributed by atoms with Gasteiger partial charge < -0.3 is 14.5 Å². The van der Waals surface area contributed by atoms with Gasteiger partial charge in [0.1, 0.15) is 11.3 Å².